The van der Waals surface area contributed by atoms with Crippen molar-refractivity contribution in [3.63, 3.8) is 0 Å². The van der Waals surface area contributed by atoms with E-state index in [1.807, 2.05) is 0 Å². The van der Waals surface area contributed by atoms with Gasteiger partial charge in [-0.15, -0.1) is 0 Å². The molecule has 0 unspecified atom stereocenters. The lowest BCUT2D eigenvalue weighted by atomic mass is 10.1. The number of hydrogen-bond acceptors (Lipinski definition) is 6. The second kappa shape index (κ2) is 5.45. The van der Waals surface area contributed by atoms with Crippen LogP contribution in [0.1, 0.15) is 19.7 Å². The van der Waals surface area contributed by atoms with Crippen LogP contribution in [0.25, 0.3) is 11.4 Å². The van der Waals surface area contributed by atoms with Crippen molar-refractivity contribution in [3.8, 4) is 11.4 Å². The monoisotopic (exact) mass is 316 g/mol. The molecule has 0 spiro atoms. The van der Waals surface area contributed by atoms with Gasteiger partial charge in [0.05, 0.1) is 18.4 Å². The zero-order valence-corrected chi connectivity index (χ0v) is 12.7. The van der Waals surface area contributed by atoms with Gasteiger partial charge in [-0.2, -0.15) is 4.98 Å². The van der Waals surface area contributed by atoms with Crippen LogP contribution < -0.4 is 5.32 Å². The number of carbonyl (C=O) groups is 2. The van der Waals surface area contributed by atoms with Gasteiger partial charge in [0.15, 0.2) is 0 Å². The Balaban J connectivity index is 1.61. The molecule has 2 N–H and O–H groups in total. The molecule has 2 atom stereocenters. The number of carboxylic acid groups (broad SMARTS) is 1. The average Bonchev–Trinajstić information content (AvgIpc) is 2.88. The van der Waals surface area contributed by atoms with Crippen molar-refractivity contribution < 1.29 is 19.2 Å². The van der Waals surface area contributed by atoms with Crippen LogP contribution in [0.4, 0.5) is 0 Å². The third kappa shape index (κ3) is 2.79. The highest BCUT2D eigenvalue weighted by atomic mass is 16.5. The first-order valence-corrected chi connectivity index (χ1v) is 7.14. The molecule has 120 valence electrons. The number of pyridine rings is 1. The van der Waals surface area contributed by atoms with Crippen LogP contribution in [0.3, 0.4) is 0 Å². The van der Waals surface area contributed by atoms with Crippen LogP contribution in [0.2, 0.25) is 0 Å². The number of hydrogen-bond donors (Lipinski definition) is 2. The summed E-state index contributed by atoms with van der Waals surface area (Å²) in [5, 5.41) is 15.6. The quantitative estimate of drug-likeness (QED) is 0.848. The number of carboxylic acids is 1. The predicted molar refractivity (Wildman–Crippen MR) is 77.8 cm³/mol. The number of aromatic nitrogens is 3. The lowest BCUT2D eigenvalue weighted by Crippen LogP contribution is -2.27. The fourth-order valence-corrected chi connectivity index (χ4v) is 2.81. The molecule has 1 aliphatic carbocycles. The molecule has 0 radical (unpaired) electrons. The Hall–Kier alpha value is -2.77. The Labute approximate surface area is 131 Å². The molecule has 2 aromatic rings. The van der Waals surface area contributed by atoms with Gasteiger partial charge in [0.2, 0.25) is 17.6 Å². The molecule has 0 aliphatic heterocycles. The van der Waals surface area contributed by atoms with Crippen LogP contribution in [-0.4, -0.2) is 32.1 Å². The molecule has 1 aliphatic rings. The van der Waals surface area contributed by atoms with Gasteiger partial charge in [-0.3, -0.25) is 14.6 Å². The van der Waals surface area contributed by atoms with E-state index < -0.39 is 23.2 Å². The second-order valence-electron chi connectivity index (χ2n) is 6.08. The SMILES string of the molecule is CC1(C)[C@H](C(=O)O)[C@H]1C(=O)NCc1nc(-c2ccncc2)no1. The van der Waals surface area contributed by atoms with Gasteiger partial charge in [-0.25, -0.2) is 0 Å². The van der Waals surface area contributed by atoms with Gasteiger partial charge in [0.1, 0.15) is 0 Å². The molecule has 1 amide bonds. The minimum Gasteiger partial charge on any atom is -0.481 e. The molecule has 2 aromatic heterocycles. The molecular formula is C15H16N4O4. The molecule has 8 heteroatoms. The molecule has 1 saturated carbocycles. The van der Waals surface area contributed by atoms with Gasteiger partial charge in [0, 0.05) is 18.0 Å². The number of aliphatic carboxylic acids is 1. The maximum Gasteiger partial charge on any atom is 0.307 e. The largest absolute Gasteiger partial charge is 0.481 e. The molecule has 0 saturated heterocycles. The third-order valence-electron chi connectivity index (χ3n) is 4.20. The van der Waals surface area contributed by atoms with Gasteiger partial charge in [0.25, 0.3) is 0 Å². The average molecular weight is 316 g/mol. The number of nitrogens with one attached hydrogen (secondary N) is 1. The first kappa shape index (κ1) is 15.1. The lowest BCUT2D eigenvalue weighted by Gasteiger charge is -2.02. The van der Waals surface area contributed by atoms with Crippen molar-refractivity contribution in [2.24, 2.45) is 17.3 Å². The zero-order valence-electron chi connectivity index (χ0n) is 12.7. The number of carbonyl (C=O) groups excluding carboxylic acids is 1. The van der Waals surface area contributed by atoms with E-state index in [9.17, 15) is 9.59 Å². The highest BCUT2D eigenvalue weighted by Gasteiger charge is 2.65. The Morgan fingerprint density at radius 3 is 2.61 bits per heavy atom. The molecule has 8 nitrogen and oxygen atoms in total. The normalized spacial score (nSPS) is 21.7. The number of nitrogens with zero attached hydrogens (tertiary/aromatic N) is 3. The fraction of sp³-hybridized carbons (Fsp3) is 0.400. The van der Waals surface area contributed by atoms with E-state index in [1.165, 1.54) is 0 Å². The first-order chi connectivity index (χ1) is 10.9. The van der Waals surface area contributed by atoms with Crippen LogP contribution in [0, 0.1) is 17.3 Å². The minimum atomic E-state index is -0.951. The van der Waals surface area contributed by atoms with Crippen LogP contribution in [-0.2, 0) is 16.1 Å². The second-order valence-corrected chi connectivity index (χ2v) is 6.08. The van der Waals surface area contributed by atoms with Gasteiger partial charge < -0.3 is 14.9 Å². The van der Waals surface area contributed by atoms with E-state index in [1.54, 1.807) is 38.4 Å². The Kier molecular flexibility index (Phi) is 3.59. The number of rotatable bonds is 5. The van der Waals surface area contributed by atoms with Crippen molar-refractivity contribution in [2.45, 2.75) is 20.4 Å². The van der Waals surface area contributed by atoms with E-state index in [4.69, 9.17) is 9.63 Å². The summed E-state index contributed by atoms with van der Waals surface area (Å²) in [7, 11) is 0. The van der Waals surface area contributed by atoms with Gasteiger partial charge in [-0.05, 0) is 17.5 Å². The summed E-state index contributed by atoms with van der Waals surface area (Å²) >= 11 is 0. The maximum absolute atomic E-state index is 12.1. The fourth-order valence-electron chi connectivity index (χ4n) is 2.81. The summed E-state index contributed by atoms with van der Waals surface area (Å²) in [4.78, 5) is 31.3. The molecular weight excluding hydrogens is 300 g/mol. The minimum absolute atomic E-state index is 0.0653. The van der Waals surface area contributed by atoms with Crippen molar-refractivity contribution in [1.82, 2.24) is 20.4 Å². The van der Waals surface area contributed by atoms with Crippen molar-refractivity contribution in [3.05, 3.63) is 30.4 Å². The van der Waals surface area contributed by atoms with Crippen LogP contribution >= 0.6 is 0 Å². The summed E-state index contributed by atoms with van der Waals surface area (Å²) in [5.74, 6) is -1.79. The maximum atomic E-state index is 12.1. The Morgan fingerprint density at radius 1 is 1.30 bits per heavy atom. The smallest absolute Gasteiger partial charge is 0.307 e. The van der Waals surface area contributed by atoms with Crippen molar-refractivity contribution >= 4 is 11.9 Å². The van der Waals surface area contributed by atoms with Crippen LogP contribution in [0.5, 0.6) is 0 Å². The van der Waals surface area contributed by atoms with Crippen molar-refractivity contribution in [1.29, 1.82) is 0 Å². The summed E-state index contributed by atoms with van der Waals surface area (Å²) < 4.78 is 5.08. The van der Waals surface area contributed by atoms with Crippen molar-refractivity contribution in [2.75, 3.05) is 0 Å². The van der Waals surface area contributed by atoms with E-state index in [0.717, 1.165) is 5.56 Å². The summed E-state index contributed by atoms with van der Waals surface area (Å²) in [5.41, 5.74) is 0.225. The highest BCUT2D eigenvalue weighted by Crippen LogP contribution is 2.58. The number of amides is 1. The summed E-state index contributed by atoms with van der Waals surface area (Å²) in [6.07, 6.45) is 3.24. The molecule has 0 bridgehead atoms. The topological polar surface area (TPSA) is 118 Å². The predicted octanol–water partition coefficient (Wildman–Crippen LogP) is 1.10. The Bertz CT molecular complexity index is 741. The molecule has 2 heterocycles. The molecule has 23 heavy (non-hydrogen) atoms. The lowest BCUT2D eigenvalue weighted by molar-refractivity contribution is -0.140. The van der Waals surface area contributed by atoms with Gasteiger partial charge in [-0.1, -0.05) is 19.0 Å². The van der Waals surface area contributed by atoms with E-state index in [-0.39, 0.29) is 18.3 Å². The van der Waals surface area contributed by atoms with E-state index in [0.29, 0.717) is 5.82 Å². The molecule has 1 fully saturated rings. The molecule has 0 aromatic carbocycles. The Morgan fingerprint density at radius 2 is 2.00 bits per heavy atom. The standard InChI is InChI=1S/C15H16N4O4/c1-15(2)10(11(15)14(21)22)13(20)17-7-9-18-12(19-23-9)8-3-5-16-6-4-8/h3-6,10-11H,7H2,1-2H3,(H,17,20)(H,21,22)/t10-,11-/m0/s1. The van der Waals surface area contributed by atoms with Gasteiger partial charge >= 0.3 is 5.97 Å². The summed E-state index contributed by atoms with van der Waals surface area (Å²) in [6.45, 7) is 3.60. The first-order valence-electron chi connectivity index (χ1n) is 7.14. The third-order valence-corrected chi connectivity index (χ3v) is 4.20. The zero-order chi connectivity index (χ0) is 16.6. The summed E-state index contributed by atoms with van der Waals surface area (Å²) in [6, 6.07) is 3.49. The molecule has 3 rings (SSSR count). The highest BCUT2D eigenvalue weighted by molar-refractivity contribution is 5.91. The van der Waals surface area contributed by atoms with E-state index >= 15 is 0 Å². The van der Waals surface area contributed by atoms with E-state index in [2.05, 4.69) is 20.4 Å². The van der Waals surface area contributed by atoms with Crippen LogP contribution in [0.15, 0.2) is 29.0 Å².